The van der Waals surface area contributed by atoms with Gasteiger partial charge in [-0.2, -0.15) is 4.31 Å². The molecule has 2 saturated heterocycles. The Kier molecular flexibility index (Phi) is 7.56. The Morgan fingerprint density at radius 2 is 1.22 bits per heavy atom. The fourth-order valence-electron chi connectivity index (χ4n) is 2.45. The summed E-state index contributed by atoms with van der Waals surface area (Å²) < 4.78 is 46.2. The summed E-state index contributed by atoms with van der Waals surface area (Å²) in [5, 5.41) is 47.2. The molecule has 0 saturated carbocycles. The smallest absolute Gasteiger partial charge is 0.388 e. The van der Waals surface area contributed by atoms with E-state index >= 15 is 0 Å². The molecular weight excluding hydrogens is 418 g/mol. The minimum atomic E-state index is -5.18. The Bertz CT molecular complexity index is 552. The SMILES string of the molecule is CC1OC(COP(=O)(O)OP(=O)(O)OCC2OC(O)C(O)C2O)C(O)C1O. The molecule has 0 aromatic heterocycles. The molecule has 2 fully saturated rings. The first-order valence-electron chi connectivity index (χ1n) is 7.70. The van der Waals surface area contributed by atoms with Gasteiger partial charge in [0.05, 0.1) is 19.3 Å². The number of rotatable bonds is 8. The maximum absolute atomic E-state index is 11.8. The molecule has 2 rings (SSSR count). The second-order valence-corrected chi connectivity index (χ2v) is 9.06. The van der Waals surface area contributed by atoms with Crippen molar-refractivity contribution in [3.05, 3.63) is 0 Å². The third-order valence-electron chi connectivity index (χ3n) is 3.95. The zero-order valence-corrected chi connectivity index (χ0v) is 15.7. The predicted molar refractivity (Wildman–Crippen MR) is 81.9 cm³/mol. The molecule has 0 aromatic carbocycles. The van der Waals surface area contributed by atoms with Gasteiger partial charge in [-0.3, -0.25) is 9.05 Å². The lowest BCUT2D eigenvalue weighted by Crippen LogP contribution is -2.34. The number of hydrogen-bond acceptors (Lipinski definition) is 12. The number of phosphoric ester groups is 2. The van der Waals surface area contributed by atoms with Gasteiger partial charge in [0, 0.05) is 0 Å². The van der Waals surface area contributed by atoms with Crippen LogP contribution in [0.2, 0.25) is 0 Å². The third kappa shape index (κ3) is 5.98. The summed E-state index contributed by atoms with van der Waals surface area (Å²) in [6.07, 6.45) is -11.0. The number of hydrogen-bond donors (Lipinski definition) is 7. The molecule has 0 radical (unpaired) electrons. The molecule has 7 N–H and O–H groups in total. The number of aliphatic hydroxyl groups is 5. The Hall–Kier alpha value is -0.0200. The Labute approximate surface area is 153 Å². The standard InChI is InChI=1S/C11H22O14P2/c1-4-7(12)8(13)5(23-4)2-21-26(17,18)25-27(19,20)22-3-6-9(14)10(15)11(16)24-6/h4-16H,2-3H2,1H3,(H,17,18)(H,19,20). The predicted octanol–water partition coefficient (Wildman–Crippen LogP) is -2.81. The van der Waals surface area contributed by atoms with E-state index in [0.717, 1.165) is 0 Å². The summed E-state index contributed by atoms with van der Waals surface area (Å²) in [6.45, 7) is -0.150. The van der Waals surface area contributed by atoms with E-state index in [0.29, 0.717) is 0 Å². The zero-order chi connectivity index (χ0) is 20.6. The summed E-state index contributed by atoms with van der Waals surface area (Å²) in [7, 11) is -10.3. The van der Waals surface area contributed by atoms with Crippen molar-refractivity contribution in [1.29, 1.82) is 0 Å². The van der Waals surface area contributed by atoms with Crippen LogP contribution >= 0.6 is 15.6 Å². The van der Waals surface area contributed by atoms with Crippen LogP contribution in [0, 0.1) is 0 Å². The summed E-state index contributed by atoms with van der Waals surface area (Å²) in [5.74, 6) is 0. The Balaban J connectivity index is 1.83. The summed E-state index contributed by atoms with van der Waals surface area (Å²) in [4.78, 5) is 19.0. The van der Waals surface area contributed by atoms with Gasteiger partial charge in [0.15, 0.2) is 6.29 Å². The highest BCUT2D eigenvalue weighted by molar-refractivity contribution is 7.61. The number of aliphatic hydroxyl groups excluding tert-OH is 5. The summed E-state index contributed by atoms with van der Waals surface area (Å²) in [5.41, 5.74) is 0. The van der Waals surface area contributed by atoms with Gasteiger partial charge in [0.25, 0.3) is 0 Å². The normalized spacial score (nSPS) is 44.1. The highest BCUT2D eigenvalue weighted by atomic mass is 31.3. The molecule has 0 aliphatic carbocycles. The van der Waals surface area contributed by atoms with Gasteiger partial charge < -0.3 is 44.8 Å². The van der Waals surface area contributed by atoms with Gasteiger partial charge in [0.2, 0.25) is 0 Å². The minimum Gasteiger partial charge on any atom is -0.388 e. The van der Waals surface area contributed by atoms with Crippen molar-refractivity contribution in [2.45, 2.75) is 55.9 Å². The fraction of sp³-hybridized carbons (Fsp3) is 1.00. The Morgan fingerprint density at radius 3 is 1.59 bits per heavy atom. The molecule has 2 heterocycles. The van der Waals surface area contributed by atoms with Crippen molar-refractivity contribution in [1.82, 2.24) is 0 Å². The van der Waals surface area contributed by atoms with Crippen LogP contribution in [0.5, 0.6) is 0 Å². The highest BCUT2D eigenvalue weighted by Gasteiger charge is 2.45. The van der Waals surface area contributed by atoms with Crippen LogP contribution in [-0.2, 0) is 32.0 Å². The lowest BCUT2D eigenvalue weighted by atomic mass is 10.1. The van der Waals surface area contributed by atoms with E-state index in [1.807, 2.05) is 0 Å². The van der Waals surface area contributed by atoms with Gasteiger partial charge in [-0.1, -0.05) is 0 Å². The van der Waals surface area contributed by atoms with Crippen molar-refractivity contribution >= 4 is 15.6 Å². The van der Waals surface area contributed by atoms with Crippen LogP contribution in [0.15, 0.2) is 0 Å². The molecule has 0 amide bonds. The summed E-state index contributed by atoms with van der Waals surface area (Å²) in [6, 6.07) is 0. The molecule has 2 aliphatic rings. The molecule has 10 unspecified atom stereocenters. The van der Waals surface area contributed by atoms with Crippen LogP contribution < -0.4 is 0 Å². The van der Waals surface area contributed by atoms with Crippen molar-refractivity contribution < 1.29 is 67.3 Å². The second kappa shape index (κ2) is 8.78. The van der Waals surface area contributed by atoms with Gasteiger partial charge in [-0.15, -0.1) is 0 Å². The molecule has 2 aliphatic heterocycles. The molecule has 10 atom stereocenters. The monoisotopic (exact) mass is 440 g/mol. The molecular formula is C11H22O14P2. The second-order valence-electron chi connectivity index (χ2n) is 6.02. The third-order valence-corrected chi connectivity index (χ3v) is 6.55. The summed E-state index contributed by atoms with van der Waals surface area (Å²) >= 11 is 0. The fourth-order valence-corrected chi connectivity index (χ4v) is 4.54. The van der Waals surface area contributed by atoms with Crippen LogP contribution in [0.1, 0.15) is 6.92 Å². The van der Waals surface area contributed by atoms with Gasteiger partial charge in [0.1, 0.15) is 36.6 Å². The van der Waals surface area contributed by atoms with Crippen LogP contribution in [0.3, 0.4) is 0 Å². The van der Waals surface area contributed by atoms with Gasteiger partial charge in [-0.25, -0.2) is 9.13 Å². The maximum atomic E-state index is 11.8. The molecule has 14 nitrogen and oxygen atoms in total. The molecule has 0 bridgehead atoms. The molecule has 160 valence electrons. The van der Waals surface area contributed by atoms with E-state index in [1.165, 1.54) is 6.92 Å². The Morgan fingerprint density at radius 1 is 0.778 bits per heavy atom. The van der Waals surface area contributed by atoms with Crippen LogP contribution in [-0.4, -0.2) is 97.6 Å². The lowest BCUT2D eigenvalue weighted by Gasteiger charge is -2.20. The van der Waals surface area contributed by atoms with Crippen molar-refractivity contribution in [2.75, 3.05) is 13.2 Å². The van der Waals surface area contributed by atoms with Gasteiger partial charge in [-0.05, 0) is 6.92 Å². The van der Waals surface area contributed by atoms with Gasteiger partial charge >= 0.3 is 15.6 Å². The molecule has 0 spiro atoms. The quantitative estimate of drug-likeness (QED) is 0.189. The number of phosphoric acid groups is 2. The lowest BCUT2D eigenvalue weighted by molar-refractivity contribution is -0.132. The maximum Gasteiger partial charge on any atom is 0.481 e. The van der Waals surface area contributed by atoms with E-state index in [2.05, 4.69) is 18.1 Å². The van der Waals surface area contributed by atoms with Crippen molar-refractivity contribution in [2.24, 2.45) is 0 Å². The van der Waals surface area contributed by atoms with E-state index in [1.54, 1.807) is 0 Å². The largest absolute Gasteiger partial charge is 0.481 e. The van der Waals surface area contributed by atoms with E-state index < -0.39 is 77.9 Å². The molecule has 0 aromatic rings. The van der Waals surface area contributed by atoms with E-state index in [-0.39, 0.29) is 0 Å². The highest BCUT2D eigenvalue weighted by Crippen LogP contribution is 2.60. The van der Waals surface area contributed by atoms with Crippen LogP contribution in [0.25, 0.3) is 0 Å². The molecule has 27 heavy (non-hydrogen) atoms. The zero-order valence-electron chi connectivity index (χ0n) is 13.9. The average Bonchev–Trinajstić information content (AvgIpc) is 2.95. The van der Waals surface area contributed by atoms with E-state index in [9.17, 15) is 44.4 Å². The first-order valence-corrected chi connectivity index (χ1v) is 10.7. The van der Waals surface area contributed by atoms with Crippen LogP contribution in [0.4, 0.5) is 0 Å². The van der Waals surface area contributed by atoms with Crippen molar-refractivity contribution in [3.8, 4) is 0 Å². The topological polar surface area (TPSA) is 222 Å². The average molecular weight is 440 g/mol. The van der Waals surface area contributed by atoms with Crippen molar-refractivity contribution in [3.63, 3.8) is 0 Å². The van der Waals surface area contributed by atoms with E-state index in [4.69, 9.17) is 4.74 Å². The first-order chi connectivity index (χ1) is 12.3. The minimum absolute atomic E-state index is 0.737. The molecule has 16 heteroatoms. The number of ether oxygens (including phenoxy) is 2. The first kappa shape index (κ1) is 23.3.